The second-order valence-corrected chi connectivity index (χ2v) is 10.7. The summed E-state index contributed by atoms with van der Waals surface area (Å²) in [4.78, 5) is 10.2. The first-order chi connectivity index (χ1) is 14.0. The lowest BCUT2D eigenvalue weighted by atomic mass is 10.2. The van der Waals surface area contributed by atoms with E-state index < -0.39 is 30.8 Å². The molecule has 0 N–H and O–H groups in total. The van der Waals surface area contributed by atoms with Gasteiger partial charge in [-0.1, -0.05) is 6.07 Å². The molecule has 0 aromatic heterocycles. The molecule has 12 heteroatoms. The third kappa shape index (κ3) is 4.36. The zero-order chi connectivity index (χ0) is 22.1. The molecule has 1 aliphatic rings. The minimum absolute atomic E-state index is 0.0689. The Morgan fingerprint density at radius 2 is 1.37 bits per heavy atom. The standard InChI is InChI=1S/C18H20FN3O6S2/c1-14-3-6-17(13-18(14)22(23)24)30(27,28)21-10-2-9-20(11-12-21)29(25,26)16-7-4-15(19)5-8-16/h3-8,13H,2,9-12H2,1H3. The van der Waals surface area contributed by atoms with E-state index in [1.54, 1.807) is 0 Å². The number of sulfonamides is 2. The highest BCUT2D eigenvalue weighted by atomic mass is 32.2. The molecule has 0 radical (unpaired) electrons. The summed E-state index contributed by atoms with van der Waals surface area (Å²) in [5, 5.41) is 11.1. The molecule has 0 spiro atoms. The number of nitro benzene ring substituents is 1. The summed E-state index contributed by atoms with van der Waals surface area (Å²) >= 11 is 0. The van der Waals surface area contributed by atoms with E-state index in [9.17, 15) is 31.3 Å². The summed E-state index contributed by atoms with van der Waals surface area (Å²) < 4.78 is 66.9. The summed E-state index contributed by atoms with van der Waals surface area (Å²) in [5.74, 6) is -0.561. The van der Waals surface area contributed by atoms with Gasteiger partial charge in [0.25, 0.3) is 5.69 Å². The van der Waals surface area contributed by atoms with E-state index in [1.165, 1.54) is 19.1 Å². The van der Waals surface area contributed by atoms with Crippen molar-refractivity contribution in [2.75, 3.05) is 26.2 Å². The van der Waals surface area contributed by atoms with Crippen molar-refractivity contribution in [1.29, 1.82) is 0 Å². The lowest BCUT2D eigenvalue weighted by Crippen LogP contribution is -2.37. The van der Waals surface area contributed by atoms with Crippen molar-refractivity contribution in [3.05, 3.63) is 64.0 Å². The molecule has 0 atom stereocenters. The van der Waals surface area contributed by atoms with Gasteiger partial charge in [0.15, 0.2) is 0 Å². The maximum atomic E-state index is 13.1. The first-order valence-electron chi connectivity index (χ1n) is 9.04. The number of aryl methyl sites for hydroxylation is 1. The average Bonchev–Trinajstić information content (AvgIpc) is 2.95. The van der Waals surface area contributed by atoms with E-state index in [-0.39, 0.29) is 48.1 Å². The molecular weight excluding hydrogens is 437 g/mol. The summed E-state index contributed by atoms with van der Waals surface area (Å²) in [6.07, 6.45) is 0.244. The summed E-state index contributed by atoms with van der Waals surface area (Å²) in [5.41, 5.74) is 0.0396. The Hall–Kier alpha value is -2.41. The molecule has 0 amide bonds. The van der Waals surface area contributed by atoms with E-state index in [0.29, 0.717) is 5.56 Å². The minimum Gasteiger partial charge on any atom is -0.258 e. The lowest BCUT2D eigenvalue weighted by molar-refractivity contribution is -0.385. The molecule has 0 unspecified atom stereocenters. The zero-order valence-electron chi connectivity index (χ0n) is 16.1. The fourth-order valence-electron chi connectivity index (χ4n) is 3.20. The molecule has 2 aromatic rings. The molecule has 1 fully saturated rings. The monoisotopic (exact) mass is 457 g/mol. The van der Waals surface area contributed by atoms with Gasteiger partial charge in [-0.15, -0.1) is 0 Å². The van der Waals surface area contributed by atoms with Crippen LogP contribution in [0, 0.1) is 22.9 Å². The highest BCUT2D eigenvalue weighted by Crippen LogP contribution is 2.26. The van der Waals surface area contributed by atoms with Crippen LogP contribution in [0.3, 0.4) is 0 Å². The highest BCUT2D eigenvalue weighted by molar-refractivity contribution is 7.89. The zero-order valence-corrected chi connectivity index (χ0v) is 17.7. The van der Waals surface area contributed by atoms with Gasteiger partial charge in [-0.3, -0.25) is 10.1 Å². The van der Waals surface area contributed by atoms with Gasteiger partial charge in [-0.2, -0.15) is 8.61 Å². The van der Waals surface area contributed by atoms with Crippen LogP contribution in [-0.2, 0) is 20.0 Å². The van der Waals surface area contributed by atoms with Crippen LogP contribution >= 0.6 is 0 Å². The van der Waals surface area contributed by atoms with Gasteiger partial charge in [0, 0.05) is 37.8 Å². The number of nitrogens with zero attached hydrogens (tertiary/aromatic N) is 3. The fraction of sp³-hybridized carbons (Fsp3) is 0.333. The van der Waals surface area contributed by atoms with Crippen LogP contribution in [0.25, 0.3) is 0 Å². The molecule has 30 heavy (non-hydrogen) atoms. The van der Waals surface area contributed by atoms with Crippen molar-refractivity contribution in [2.24, 2.45) is 0 Å². The molecule has 1 heterocycles. The molecule has 0 aliphatic carbocycles. The fourth-order valence-corrected chi connectivity index (χ4v) is 6.16. The Morgan fingerprint density at radius 3 is 1.90 bits per heavy atom. The number of nitro groups is 1. The van der Waals surface area contributed by atoms with Gasteiger partial charge < -0.3 is 0 Å². The summed E-state index contributed by atoms with van der Waals surface area (Å²) in [7, 11) is -7.94. The predicted molar refractivity (Wildman–Crippen MR) is 106 cm³/mol. The lowest BCUT2D eigenvalue weighted by Gasteiger charge is -2.22. The van der Waals surface area contributed by atoms with Gasteiger partial charge in [-0.25, -0.2) is 21.2 Å². The van der Waals surface area contributed by atoms with Gasteiger partial charge in [0.1, 0.15) is 5.82 Å². The maximum absolute atomic E-state index is 13.1. The van der Waals surface area contributed by atoms with Crippen LogP contribution in [0.15, 0.2) is 52.3 Å². The molecule has 2 aromatic carbocycles. The van der Waals surface area contributed by atoms with Crippen molar-refractivity contribution in [3.63, 3.8) is 0 Å². The number of hydrogen-bond acceptors (Lipinski definition) is 6. The van der Waals surface area contributed by atoms with Gasteiger partial charge in [-0.05, 0) is 43.7 Å². The summed E-state index contributed by atoms with van der Waals surface area (Å²) in [6, 6.07) is 8.11. The summed E-state index contributed by atoms with van der Waals surface area (Å²) in [6.45, 7) is 1.48. The quantitative estimate of drug-likeness (QED) is 0.501. The molecule has 9 nitrogen and oxygen atoms in total. The second kappa shape index (κ2) is 8.38. The van der Waals surface area contributed by atoms with Crippen LogP contribution in [0.2, 0.25) is 0 Å². The largest absolute Gasteiger partial charge is 0.273 e. The molecule has 162 valence electrons. The Labute approximate surface area is 174 Å². The number of hydrogen-bond donors (Lipinski definition) is 0. The van der Waals surface area contributed by atoms with Crippen LogP contribution in [-0.4, -0.2) is 56.5 Å². The van der Waals surface area contributed by atoms with Crippen molar-refractivity contribution in [2.45, 2.75) is 23.1 Å². The Balaban J connectivity index is 1.83. The van der Waals surface area contributed by atoms with Crippen molar-refractivity contribution < 1.29 is 26.1 Å². The molecular formula is C18H20FN3O6S2. The van der Waals surface area contributed by atoms with Crippen LogP contribution in [0.4, 0.5) is 10.1 Å². The first-order valence-corrected chi connectivity index (χ1v) is 11.9. The van der Waals surface area contributed by atoms with E-state index >= 15 is 0 Å². The molecule has 3 rings (SSSR count). The third-order valence-corrected chi connectivity index (χ3v) is 8.69. The number of rotatable bonds is 5. The highest BCUT2D eigenvalue weighted by Gasteiger charge is 2.32. The van der Waals surface area contributed by atoms with Gasteiger partial charge >= 0.3 is 0 Å². The average molecular weight is 458 g/mol. The van der Waals surface area contributed by atoms with Crippen molar-refractivity contribution in [1.82, 2.24) is 8.61 Å². The van der Waals surface area contributed by atoms with Gasteiger partial charge in [0.2, 0.25) is 20.0 Å². The number of halogens is 1. The topological polar surface area (TPSA) is 118 Å². The number of benzene rings is 2. The second-order valence-electron chi connectivity index (χ2n) is 6.82. The normalized spacial score (nSPS) is 16.9. The molecule has 0 bridgehead atoms. The van der Waals surface area contributed by atoms with Crippen LogP contribution in [0.5, 0.6) is 0 Å². The molecule has 1 aliphatic heterocycles. The van der Waals surface area contributed by atoms with E-state index in [4.69, 9.17) is 0 Å². The van der Waals surface area contributed by atoms with E-state index in [0.717, 1.165) is 38.9 Å². The van der Waals surface area contributed by atoms with Crippen molar-refractivity contribution >= 4 is 25.7 Å². The van der Waals surface area contributed by atoms with Crippen LogP contribution < -0.4 is 0 Å². The Morgan fingerprint density at radius 1 is 0.867 bits per heavy atom. The minimum atomic E-state index is -4.04. The van der Waals surface area contributed by atoms with Gasteiger partial charge in [0.05, 0.1) is 14.7 Å². The predicted octanol–water partition coefficient (Wildman–Crippen LogP) is 2.13. The van der Waals surface area contributed by atoms with Crippen molar-refractivity contribution in [3.8, 4) is 0 Å². The Bertz CT molecular complexity index is 1170. The first kappa shape index (κ1) is 22.3. The Kier molecular flexibility index (Phi) is 6.22. The maximum Gasteiger partial charge on any atom is 0.273 e. The third-order valence-electron chi connectivity index (χ3n) is 4.88. The van der Waals surface area contributed by atoms with Crippen LogP contribution in [0.1, 0.15) is 12.0 Å². The SMILES string of the molecule is Cc1ccc(S(=O)(=O)N2CCCN(S(=O)(=O)c3ccc(F)cc3)CC2)cc1[N+](=O)[O-]. The van der Waals surface area contributed by atoms with E-state index in [1.807, 2.05) is 0 Å². The smallest absolute Gasteiger partial charge is 0.258 e. The molecule has 0 saturated carbocycles. The van der Waals surface area contributed by atoms with E-state index in [2.05, 4.69) is 0 Å². The molecule has 1 saturated heterocycles.